The third kappa shape index (κ3) is 6.57. The standard InChI is InChI=1S/C22H30N4O3/c1-23-22(24-10-9-17-7-8-20-21(14-17)29-16-28-20)25-15-18-5-4-6-19(13-18)27-12-11-26(2)3/h4-8,13-14H,9-12,15-16H2,1-3H3,(H2,23,24,25). The molecule has 0 unspecified atom stereocenters. The largest absolute Gasteiger partial charge is 0.492 e. The highest BCUT2D eigenvalue weighted by Gasteiger charge is 2.13. The van der Waals surface area contributed by atoms with E-state index in [-0.39, 0.29) is 0 Å². The maximum absolute atomic E-state index is 5.80. The van der Waals surface area contributed by atoms with Crippen molar-refractivity contribution in [3.63, 3.8) is 0 Å². The number of benzene rings is 2. The second-order valence-electron chi connectivity index (χ2n) is 7.09. The van der Waals surface area contributed by atoms with Crippen molar-refractivity contribution in [1.82, 2.24) is 15.5 Å². The van der Waals surface area contributed by atoms with Gasteiger partial charge in [0.2, 0.25) is 6.79 Å². The molecule has 0 amide bonds. The van der Waals surface area contributed by atoms with Crippen molar-refractivity contribution >= 4 is 5.96 Å². The quantitative estimate of drug-likeness (QED) is 0.499. The molecule has 3 rings (SSSR count). The lowest BCUT2D eigenvalue weighted by Gasteiger charge is -2.14. The highest BCUT2D eigenvalue weighted by atomic mass is 16.7. The van der Waals surface area contributed by atoms with E-state index in [1.165, 1.54) is 5.56 Å². The minimum Gasteiger partial charge on any atom is -0.492 e. The Labute approximate surface area is 172 Å². The normalized spacial score (nSPS) is 12.9. The van der Waals surface area contributed by atoms with Gasteiger partial charge in [0.25, 0.3) is 0 Å². The van der Waals surface area contributed by atoms with Gasteiger partial charge in [-0.15, -0.1) is 0 Å². The monoisotopic (exact) mass is 398 g/mol. The molecule has 0 saturated carbocycles. The van der Waals surface area contributed by atoms with E-state index in [1.54, 1.807) is 7.05 Å². The summed E-state index contributed by atoms with van der Waals surface area (Å²) < 4.78 is 16.6. The average Bonchev–Trinajstić information content (AvgIpc) is 3.18. The Balaban J connectivity index is 1.42. The van der Waals surface area contributed by atoms with Crippen molar-refractivity contribution in [2.75, 3.05) is 47.6 Å². The molecule has 0 aliphatic carbocycles. The van der Waals surface area contributed by atoms with E-state index < -0.39 is 0 Å². The highest BCUT2D eigenvalue weighted by Crippen LogP contribution is 2.32. The summed E-state index contributed by atoms with van der Waals surface area (Å²) >= 11 is 0. The molecule has 1 aliphatic rings. The number of likely N-dealkylation sites (N-methyl/N-ethyl adjacent to an activating group) is 1. The van der Waals surface area contributed by atoms with Crippen molar-refractivity contribution in [3.05, 3.63) is 53.6 Å². The predicted octanol–water partition coefficient (Wildman–Crippen LogP) is 2.26. The van der Waals surface area contributed by atoms with Gasteiger partial charge in [0.05, 0.1) is 0 Å². The van der Waals surface area contributed by atoms with Crippen LogP contribution < -0.4 is 24.8 Å². The fraction of sp³-hybridized carbons (Fsp3) is 0.409. The summed E-state index contributed by atoms with van der Waals surface area (Å²) in [6.07, 6.45) is 0.868. The van der Waals surface area contributed by atoms with Gasteiger partial charge in [-0.2, -0.15) is 0 Å². The van der Waals surface area contributed by atoms with E-state index in [1.807, 2.05) is 38.4 Å². The Hall–Kier alpha value is -2.93. The van der Waals surface area contributed by atoms with Crippen LogP contribution in [0.3, 0.4) is 0 Å². The molecule has 2 N–H and O–H groups in total. The van der Waals surface area contributed by atoms with Crippen LogP contribution in [0.5, 0.6) is 17.2 Å². The molecule has 0 bridgehead atoms. The van der Waals surface area contributed by atoms with E-state index in [4.69, 9.17) is 14.2 Å². The van der Waals surface area contributed by atoms with Gasteiger partial charge < -0.3 is 29.7 Å². The smallest absolute Gasteiger partial charge is 0.231 e. The van der Waals surface area contributed by atoms with Gasteiger partial charge >= 0.3 is 0 Å². The molecule has 2 aromatic rings. The number of aliphatic imine (C=N–C) groups is 1. The summed E-state index contributed by atoms with van der Waals surface area (Å²) in [5, 5.41) is 6.69. The summed E-state index contributed by atoms with van der Waals surface area (Å²) in [6, 6.07) is 14.2. The number of fused-ring (bicyclic) bond motifs is 1. The number of nitrogens with one attached hydrogen (secondary N) is 2. The maximum Gasteiger partial charge on any atom is 0.231 e. The van der Waals surface area contributed by atoms with Gasteiger partial charge in [0, 0.05) is 26.7 Å². The first-order valence-corrected chi connectivity index (χ1v) is 9.83. The van der Waals surface area contributed by atoms with E-state index >= 15 is 0 Å². The molecule has 0 atom stereocenters. The molecule has 0 saturated heterocycles. The average molecular weight is 399 g/mol. The predicted molar refractivity (Wildman–Crippen MR) is 115 cm³/mol. The van der Waals surface area contributed by atoms with Crippen molar-refractivity contribution in [2.45, 2.75) is 13.0 Å². The Bertz CT molecular complexity index is 823. The van der Waals surface area contributed by atoms with Crippen molar-refractivity contribution in [2.24, 2.45) is 4.99 Å². The first-order chi connectivity index (χ1) is 14.1. The topological polar surface area (TPSA) is 67.4 Å². The lowest BCUT2D eigenvalue weighted by molar-refractivity contribution is 0.174. The molecular formula is C22H30N4O3. The Morgan fingerprint density at radius 2 is 1.93 bits per heavy atom. The van der Waals surface area contributed by atoms with Crippen LogP contribution in [-0.2, 0) is 13.0 Å². The van der Waals surface area contributed by atoms with E-state index in [0.717, 1.165) is 48.3 Å². The molecule has 2 aromatic carbocycles. The number of hydrogen-bond donors (Lipinski definition) is 2. The second kappa shape index (κ2) is 10.6. The van der Waals surface area contributed by atoms with Crippen LogP contribution in [0.15, 0.2) is 47.5 Å². The molecule has 0 spiro atoms. The van der Waals surface area contributed by atoms with Crippen LogP contribution in [0.2, 0.25) is 0 Å². The van der Waals surface area contributed by atoms with Crippen molar-refractivity contribution in [3.8, 4) is 17.2 Å². The minimum absolute atomic E-state index is 0.301. The van der Waals surface area contributed by atoms with Crippen molar-refractivity contribution < 1.29 is 14.2 Å². The number of hydrogen-bond acceptors (Lipinski definition) is 5. The van der Waals surface area contributed by atoms with Crippen LogP contribution in [-0.4, -0.2) is 58.5 Å². The molecule has 156 valence electrons. The van der Waals surface area contributed by atoms with Gasteiger partial charge in [-0.1, -0.05) is 18.2 Å². The van der Waals surface area contributed by atoms with Gasteiger partial charge in [-0.05, 0) is 55.9 Å². The van der Waals surface area contributed by atoms with Crippen molar-refractivity contribution in [1.29, 1.82) is 0 Å². The third-order valence-corrected chi connectivity index (χ3v) is 4.53. The molecule has 0 aromatic heterocycles. The van der Waals surface area contributed by atoms with Gasteiger partial charge in [-0.3, -0.25) is 4.99 Å². The third-order valence-electron chi connectivity index (χ3n) is 4.53. The number of guanidine groups is 1. The second-order valence-corrected chi connectivity index (χ2v) is 7.09. The Morgan fingerprint density at radius 3 is 2.76 bits per heavy atom. The Kier molecular flexibility index (Phi) is 7.58. The minimum atomic E-state index is 0.301. The Morgan fingerprint density at radius 1 is 1.07 bits per heavy atom. The van der Waals surface area contributed by atoms with Crippen LogP contribution in [0, 0.1) is 0 Å². The lowest BCUT2D eigenvalue weighted by atomic mass is 10.1. The number of ether oxygens (including phenoxy) is 3. The fourth-order valence-electron chi connectivity index (χ4n) is 2.92. The van der Waals surface area contributed by atoms with E-state index in [0.29, 0.717) is 19.9 Å². The summed E-state index contributed by atoms with van der Waals surface area (Å²) in [5.41, 5.74) is 2.34. The SMILES string of the molecule is CN=C(NCCc1ccc2c(c1)OCO2)NCc1cccc(OCCN(C)C)c1. The zero-order chi connectivity index (χ0) is 20.5. The van der Waals surface area contributed by atoms with Crippen LogP contribution >= 0.6 is 0 Å². The van der Waals surface area contributed by atoms with Crippen LogP contribution in [0.4, 0.5) is 0 Å². The van der Waals surface area contributed by atoms with Crippen LogP contribution in [0.1, 0.15) is 11.1 Å². The summed E-state index contributed by atoms with van der Waals surface area (Å²) in [5.74, 6) is 3.28. The maximum atomic E-state index is 5.80. The van der Waals surface area contributed by atoms with E-state index in [2.05, 4.69) is 38.7 Å². The molecule has 1 aliphatic heterocycles. The molecule has 1 heterocycles. The molecule has 7 nitrogen and oxygen atoms in total. The van der Waals surface area contributed by atoms with E-state index in [9.17, 15) is 0 Å². The first-order valence-electron chi connectivity index (χ1n) is 9.83. The molecule has 29 heavy (non-hydrogen) atoms. The molecule has 0 fully saturated rings. The van der Waals surface area contributed by atoms with Gasteiger partial charge in [0.15, 0.2) is 17.5 Å². The summed E-state index contributed by atoms with van der Waals surface area (Å²) in [7, 11) is 5.85. The van der Waals surface area contributed by atoms with Gasteiger partial charge in [-0.25, -0.2) is 0 Å². The summed E-state index contributed by atoms with van der Waals surface area (Å²) in [6.45, 7) is 3.31. The molecule has 0 radical (unpaired) electrons. The fourth-order valence-corrected chi connectivity index (χ4v) is 2.92. The number of nitrogens with zero attached hydrogens (tertiary/aromatic N) is 2. The van der Waals surface area contributed by atoms with Gasteiger partial charge in [0.1, 0.15) is 12.4 Å². The number of rotatable bonds is 9. The lowest BCUT2D eigenvalue weighted by Crippen LogP contribution is -2.37. The zero-order valence-corrected chi connectivity index (χ0v) is 17.4. The molecular weight excluding hydrogens is 368 g/mol. The molecule has 7 heteroatoms. The summed E-state index contributed by atoms with van der Waals surface area (Å²) in [4.78, 5) is 6.40. The highest BCUT2D eigenvalue weighted by molar-refractivity contribution is 5.79. The van der Waals surface area contributed by atoms with Crippen LogP contribution in [0.25, 0.3) is 0 Å². The zero-order valence-electron chi connectivity index (χ0n) is 17.4. The first kappa shape index (κ1) is 20.8.